The Kier molecular flexibility index (Phi) is 2.66. The third-order valence-electron chi connectivity index (χ3n) is 3.65. The van der Waals surface area contributed by atoms with E-state index in [0.29, 0.717) is 33.5 Å². The Bertz CT molecular complexity index is 1000. The van der Waals surface area contributed by atoms with E-state index in [0.717, 1.165) is 15.6 Å². The number of furan rings is 2. The monoisotopic (exact) mass is 300 g/mol. The zero-order valence-corrected chi connectivity index (χ0v) is 11.9. The van der Waals surface area contributed by atoms with Gasteiger partial charge in [0.1, 0.15) is 11.1 Å². The number of nitrogens with zero attached hydrogens (tertiary/aromatic N) is 2. The Labute approximate surface area is 124 Å². The minimum absolute atomic E-state index is 0.351. The number of allylic oxidation sites excluding steroid dienone is 1. The smallest absolute Gasteiger partial charge is 0.462 e. The van der Waals surface area contributed by atoms with Crippen LogP contribution in [0.5, 0.6) is 0 Å². The molecule has 0 saturated carbocycles. The summed E-state index contributed by atoms with van der Waals surface area (Å²) >= 11 is 0. The molecule has 0 bridgehead atoms. The highest BCUT2D eigenvalue weighted by atomic mass is 19.2. The van der Waals surface area contributed by atoms with Gasteiger partial charge in [0.2, 0.25) is 0 Å². The van der Waals surface area contributed by atoms with E-state index in [1.54, 1.807) is 25.1 Å². The molecule has 0 saturated heterocycles. The molecule has 0 aromatic carbocycles. The predicted molar refractivity (Wildman–Crippen MR) is 79.0 cm³/mol. The fourth-order valence-corrected chi connectivity index (χ4v) is 2.76. The van der Waals surface area contributed by atoms with Crippen LogP contribution < -0.4 is 10.8 Å². The number of halogens is 2. The van der Waals surface area contributed by atoms with Crippen LogP contribution in [0.25, 0.3) is 23.3 Å². The first-order valence-electron chi connectivity index (χ1n) is 6.79. The second-order valence-corrected chi connectivity index (χ2v) is 5.28. The van der Waals surface area contributed by atoms with Crippen LogP contribution in [0, 0.1) is 13.8 Å². The summed E-state index contributed by atoms with van der Waals surface area (Å²) in [7, 11) is -2.65. The van der Waals surface area contributed by atoms with Crippen LogP contribution in [0.2, 0.25) is 0 Å². The average Bonchev–Trinajstić information content (AvgIpc) is 3.12. The van der Waals surface area contributed by atoms with Crippen LogP contribution >= 0.6 is 0 Å². The van der Waals surface area contributed by atoms with Crippen LogP contribution in [-0.2, 0) is 0 Å². The van der Waals surface area contributed by atoms with Gasteiger partial charge in [-0.2, -0.15) is 0 Å². The number of hydrogen-bond acceptors (Lipinski definition) is 3. The van der Waals surface area contributed by atoms with Crippen LogP contribution in [0.3, 0.4) is 0 Å². The molecular weight excluding hydrogens is 289 g/mol. The van der Waals surface area contributed by atoms with Gasteiger partial charge in [0, 0.05) is 29.5 Å². The highest BCUT2D eigenvalue weighted by Crippen LogP contribution is 2.27. The number of fused-ring (bicyclic) bond motifs is 2. The van der Waals surface area contributed by atoms with Crippen molar-refractivity contribution in [2.75, 3.05) is 0 Å². The molecule has 22 heavy (non-hydrogen) atoms. The van der Waals surface area contributed by atoms with Gasteiger partial charge in [0.05, 0.1) is 17.5 Å². The molecule has 4 heterocycles. The Hall–Kier alpha value is -2.57. The van der Waals surface area contributed by atoms with Gasteiger partial charge in [-0.05, 0) is 19.9 Å². The van der Waals surface area contributed by atoms with E-state index in [1.807, 2.05) is 13.0 Å². The zero-order valence-electron chi connectivity index (χ0n) is 11.9. The first-order chi connectivity index (χ1) is 10.5. The predicted octanol–water partition coefficient (Wildman–Crippen LogP) is 2.67. The Morgan fingerprint density at radius 2 is 2.09 bits per heavy atom. The highest BCUT2D eigenvalue weighted by molar-refractivity contribution is 6.43. The second-order valence-electron chi connectivity index (χ2n) is 5.28. The van der Waals surface area contributed by atoms with Crippen molar-refractivity contribution >= 4 is 30.7 Å². The van der Waals surface area contributed by atoms with Crippen LogP contribution in [-0.4, -0.2) is 11.9 Å². The first kappa shape index (κ1) is 13.1. The summed E-state index contributed by atoms with van der Waals surface area (Å²) in [5.74, 6) is 0.771. The first-order valence-corrected chi connectivity index (χ1v) is 6.79. The maximum absolute atomic E-state index is 13.4. The molecular formula is C15H11BF2N2O2. The Morgan fingerprint density at radius 3 is 2.82 bits per heavy atom. The lowest BCUT2D eigenvalue weighted by Crippen LogP contribution is -2.14. The van der Waals surface area contributed by atoms with E-state index in [4.69, 9.17) is 8.83 Å². The molecule has 3 aromatic rings. The van der Waals surface area contributed by atoms with Gasteiger partial charge >= 0.3 is 7.40 Å². The minimum Gasteiger partial charge on any atom is -0.462 e. The summed E-state index contributed by atoms with van der Waals surface area (Å²) in [5, 5.41) is 0.721. The highest BCUT2D eigenvalue weighted by Gasteiger charge is 2.25. The zero-order chi connectivity index (χ0) is 15.4. The quantitative estimate of drug-likeness (QED) is 0.683. The molecule has 110 valence electrons. The van der Waals surface area contributed by atoms with Crippen molar-refractivity contribution in [2.45, 2.75) is 13.8 Å². The summed E-state index contributed by atoms with van der Waals surface area (Å²) < 4.78 is 38.6. The van der Waals surface area contributed by atoms with Gasteiger partial charge in [0.15, 0.2) is 11.0 Å². The molecule has 0 unspecified atom stereocenters. The van der Waals surface area contributed by atoms with E-state index in [-0.39, 0.29) is 0 Å². The summed E-state index contributed by atoms with van der Waals surface area (Å²) in [5.41, 5.74) is 3.11. The molecule has 0 fully saturated rings. The molecule has 4 rings (SSSR count). The van der Waals surface area contributed by atoms with Gasteiger partial charge in [-0.15, -0.1) is 0 Å². The number of aromatic nitrogens is 1. The second kappa shape index (κ2) is 4.46. The maximum Gasteiger partial charge on any atom is 0.678 e. The maximum atomic E-state index is 13.4. The van der Waals surface area contributed by atoms with Crippen LogP contribution in [0.15, 0.2) is 37.9 Å². The fourth-order valence-electron chi connectivity index (χ4n) is 2.76. The van der Waals surface area contributed by atoms with Gasteiger partial charge < -0.3 is 13.3 Å². The van der Waals surface area contributed by atoms with Crippen LogP contribution in [0.4, 0.5) is 8.63 Å². The molecule has 0 aliphatic carbocycles. The van der Waals surface area contributed by atoms with Gasteiger partial charge in [-0.25, -0.2) is 4.99 Å². The van der Waals surface area contributed by atoms with E-state index in [2.05, 4.69) is 4.99 Å². The lowest BCUT2D eigenvalue weighted by molar-refractivity contribution is 0.502. The fraction of sp³-hybridized carbons (Fsp3) is 0.133. The molecule has 0 radical (unpaired) electrons. The van der Waals surface area contributed by atoms with E-state index >= 15 is 0 Å². The lowest BCUT2D eigenvalue weighted by Gasteiger charge is -2.03. The van der Waals surface area contributed by atoms with Gasteiger partial charge in [-0.3, -0.25) is 8.63 Å². The summed E-state index contributed by atoms with van der Waals surface area (Å²) in [6, 6.07) is 3.41. The number of rotatable bonds is 2. The van der Waals surface area contributed by atoms with Gasteiger partial charge in [-0.1, -0.05) is 0 Å². The average molecular weight is 300 g/mol. The Balaban J connectivity index is 1.88. The number of aryl methyl sites for hydroxylation is 2. The third-order valence-corrected chi connectivity index (χ3v) is 3.65. The molecule has 7 heteroatoms. The molecule has 1 aliphatic heterocycles. The summed E-state index contributed by atoms with van der Waals surface area (Å²) in [6.45, 7) is 3.58. The van der Waals surface area contributed by atoms with Crippen molar-refractivity contribution in [1.82, 2.24) is 4.48 Å². The van der Waals surface area contributed by atoms with Crippen molar-refractivity contribution in [3.8, 4) is 0 Å². The molecule has 0 atom stereocenters. The van der Waals surface area contributed by atoms with Gasteiger partial charge in [0.25, 0.3) is 0 Å². The van der Waals surface area contributed by atoms with Crippen LogP contribution in [0.1, 0.15) is 17.0 Å². The van der Waals surface area contributed by atoms with Crippen molar-refractivity contribution < 1.29 is 17.5 Å². The largest absolute Gasteiger partial charge is 0.678 e. The van der Waals surface area contributed by atoms with E-state index in [1.165, 1.54) is 6.26 Å². The standard InChI is InChI=1S/C15H11BF2N2O2/c1-8-7-21-14-6-11(20(15(8)14)16(17)18)4-10-5-13-12(19-10)3-9(2)22-13/h3-7H,1-2H3/b10-4+. The minimum atomic E-state index is -2.65. The van der Waals surface area contributed by atoms with Crippen molar-refractivity contribution in [3.05, 3.63) is 51.9 Å². The summed E-state index contributed by atoms with van der Waals surface area (Å²) in [4.78, 5) is 4.37. The van der Waals surface area contributed by atoms with E-state index < -0.39 is 7.40 Å². The SMILES string of the molecule is Cc1cc2c(o1)=C/C(=C\c1cc3occ(C)c3n1B(F)F)N=2. The molecule has 0 spiro atoms. The number of hydrogen-bond donors (Lipinski definition) is 0. The Morgan fingerprint density at radius 1 is 1.27 bits per heavy atom. The van der Waals surface area contributed by atoms with Crippen molar-refractivity contribution in [2.24, 2.45) is 4.99 Å². The third kappa shape index (κ3) is 1.85. The molecule has 3 aromatic heterocycles. The molecule has 0 amide bonds. The lowest BCUT2D eigenvalue weighted by atomic mass is 10.2. The van der Waals surface area contributed by atoms with E-state index in [9.17, 15) is 8.63 Å². The molecule has 0 N–H and O–H groups in total. The molecule has 1 aliphatic rings. The molecule has 4 nitrogen and oxygen atoms in total. The normalized spacial score (nSPS) is 15.2. The summed E-state index contributed by atoms with van der Waals surface area (Å²) in [6.07, 6.45) is 4.82. The van der Waals surface area contributed by atoms with Crippen molar-refractivity contribution in [3.63, 3.8) is 0 Å². The van der Waals surface area contributed by atoms with Crippen molar-refractivity contribution in [1.29, 1.82) is 0 Å². The topological polar surface area (TPSA) is 43.6 Å².